The van der Waals surface area contributed by atoms with E-state index in [1.807, 2.05) is 42.8 Å². The number of anilines is 1. The van der Waals surface area contributed by atoms with Gasteiger partial charge in [-0.05, 0) is 37.6 Å². The van der Waals surface area contributed by atoms with Gasteiger partial charge in [0.1, 0.15) is 5.75 Å². The molecule has 0 aliphatic heterocycles. The topological polar surface area (TPSA) is 53.1 Å². The van der Waals surface area contributed by atoms with Crippen molar-refractivity contribution >= 4 is 5.69 Å². The van der Waals surface area contributed by atoms with Crippen molar-refractivity contribution in [3.8, 4) is 11.8 Å². The molecule has 1 aromatic carbocycles. The number of aryl methyl sites for hydroxylation is 2. The summed E-state index contributed by atoms with van der Waals surface area (Å²) >= 11 is 0. The second kappa shape index (κ2) is 4.26. The van der Waals surface area contributed by atoms with Gasteiger partial charge in [-0.15, -0.1) is 0 Å². The Morgan fingerprint density at radius 1 is 1.44 bits per heavy atom. The lowest BCUT2D eigenvalue weighted by Crippen LogP contribution is -1.98. The molecule has 84 valence electrons. The highest BCUT2D eigenvalue weighted by Gasteiger charge is 2.06. The van der Waals surface area contributed by atoms with Crippen molar-refractivity contribution in [1.29, 1.82) is 0 Å². The molecule has 0 saturated carbocycles. The largest absolute Gasteiger partial charge is 0.425 e. The Morgan fingerprint density at radius 3 is 2.94 bits per heavy atom. The van der Waals surface area contributed by atoms with E-state index in [1.165, 1.54) is 0 Å². The van der Waals surface area contributed by atoms with E-state index in [0.29, 0.717) is 6.01 Å². The summed E-state index contributed by atoms with van der Waals surface area (Å²) in [6.45, 7) is 4.85. The van der Waals surface area contributed by atoms with E-state index in [-0.39, 0.29) is 0 Å². The van der Waals surface area contributed by atoms with Crippen molar-refractivity contribution in [2.75, 3.05) is 5.73 Å². The number of rotatable bonds is 3. The molecule has 0 fully saturated rings. The van der Waals surface area contributed by atoms with Crippen molar-refractivity contribution in [2.45, 2.75) is 20.4 Å². The lowest BCUT2D eigenvalue weighted by molar-refractivity contribution is 0.412. The van der Waals surface area contributed by atoms with Crippen LogP contribution in [0, 0.1) is 6.92 Å². The van der Waals surface area contributed by atoms with Gasteiger partial charge in [0.2, 0.25) is 0 Å². The summed E-state index contributed by atoms with van der Waals surface area (Å²) in [4.78, 5) is 4.16. The van der Waals surface area contributed by atoms with Gasteiger partial charge < -0.3 is 15.0 Å². The van der Waals surface area contributed by atoms with Crippen LogP contribution in [0.2, 0.25) is 0 Å². The molecule has 2 aromatic rings. The third-order valence-corrected chi connectivity index (χ3v) is 2.42. The Bertz CT molecular complexity index is 491. The first kappa shape index (κ1) is 10.5. The standard InChI is InChI=1S/C12H15N3O/c1-3-15-7-6-14-12(15)16-11-5-4-10(13)8-9(11)2/h4-8H,3,13H2,1-2H3. The molecule has 1 heterocycles. The highest BCUT2D eigenvalue weighted by atomic mass is 16.5. The van der Waals surface area contributed by atoms with Gasteiger partial charge in [0, 0.05) is 24.6 Å². The molecule has 4 nitrogen and oxygen atoms in total. The van der Waals surface area contributed by atoms with E-state index in [1.54, 1.807) is 6.20 Å². The fraction of sp³-hybridized carbons (Fsp3) is 0.250. The van der Waals surface area contributed by atoms with Crippen LogP contribution >= 0.6 is 0 Å². The van der Waals surface area contributed by atoms with Gasteiger partial charge in [0.25, 0.3) is 0 Å². The molecule has 0 aliphatic rings. The minimum Gasteiger partial charge on any atom is -0.425 e. The van der Waals surface area contributed by atoms with Gasteiger partial charge in [-0.1, -0.05) is 0 Å². The molecule has 0 amide bonds. The minimum atomic E-state index is 0.607. The molecule has 4 heteroatoms. The molecule has 1 aromatic heterocycles. The fourth-order valence-electron chi connectivity index (χ4n) is 1.53. The molecule has 0 atom stereocenters. The van der Waals surface area contributed by atoms with Gasteiger partial charge in [0.05, 0.1) is 0 Å². The van der Waals surface area contributed by atoms with Gasteiger partial charge >= 0.3 is 6.01 Å². The van der Waals surface area contributed by atoms with Crippen LogP contribution in [0.15, 0.2) is 30.6 Å². The zero-order chi connectivity index (χ0) is 11.5. The van der Waals surface area contributed by atoms with Crippen LogP contribution in [0.1, 0.15) is 12.5 Å². The van der Waals surface area contributed by atoms with Crippen LogP contribution in [0.5, 0.6) is 11.8 Å². The number of hydrogen-bond acceptors (Lipinski definition) is 3. The second-order valence-corrected chi connectivity index (χ2v) is 3.62. The average molecular weight is 217 g/mol. The van der Waals surface area contributed by atoms with Crippen molar-refractivity contribution < 1.29 is 4.74 Å². The number of aromatic nitrogens is 2. The van der Waals surface area contributed by atoms with E-state index in [2.05, 4.69) is 4.98 Å². The van der Waals surface area contributed by atoms with Crippen molar-refractivity contribution in [2.24, 2.45) is 0 Å². The summed E-state index contributed by atoms with van der Waals surface area (Å²) in [5.41, 5.74) is 7.43. The summed E-state index contributed by atoms with van der Waals surface area (Å²) in [5.74, 6) is 0.787. The summed E-state index contributed by atoms with van der Waals surface area (Å²) in [5, 5.41) is 0. The van der Waals surface area contributed by atoms with Gasteiger partial charge in [-0.2, -0.15) is 0 Å². The number of benzene rings is 1. The Hall–Kier alpha value is -1.97. The number of imidazole rings is 1. The highest BCUT2D eigenvalue weighted by Crippen LogP contribution is 2.25. The zero-order valence-corrected chi connectivity index (χ0v) is 9.47. The lowest BCUT2D eigenvalue weighted by atomic mass is 10.2. The molecule has 2 N–H and O–H groups in total. The van der Waals surface area contributed by atoms with E-state index in [4.69, 9.17) is 10.5 Å². The van der Waals surface area contributed by atoms with Crippen molar-refractivity contribution in [1.82, 2.24) is 9.55 Å². The molecule has 0 aliphatic carbocycles. The third kappa shape index (κ3) is 2.00. The average Bonchev–Trinajstić information content (AvgIpc) is 2.69. The molecule has 16 heavy (non-hydrogen) atoms. The molecule has 0 bridgehead atoms. The van der Waals surface area contributed by atoms with Crippen LogP contribution < -0.4 is 10.5 Å². The molecular weight excluding hydrogens is 202 g/mol. The quantitative estimate of drug-likeness (QED) is 0.804. The number of nitrogen functional groups attached to an aromatic ring is 1. The maximum atomic E-state index is 5.72. The third-order valence-electron chi connectivity index (χ3n) is 2.42. The molecule has 0 radical (unpaired) electrons. The van der Waals surface area contributed by atoms with Crippen LogP contribution in [0.25, 0.3) is 0 Å². The number of ether oxygens (including phenoxy) is 1. The Morgan fingerprint density at radius 2 is 2.25 bits per heavy atom. The summed E-state index contributed by atoms with van der Waals surface area (Å²) in [7, 11) is 0. The molecule has 2 rings (SSSR count). The molecule has 0 saturated heterocycles. The van der Waals surface area contributed by atoms with Gasteiger partial charge in [-0.3, -0.25) is 0 Å². The lowest BCUT2D eigenvalue weighted by Gasteiger charge is -2.09. The van der Waals surface area contributed by atoms with Gasteiger partial charge in [-0.25, -0.2) is 4.98 Å². The smallest absolute Gasteiger partial charge is 0.301 e. The van der Waals surface area contributed by atoms with E-state index < -0.39 is 0 Å². The molecule has 0 unspecified atom stereocenters. The monoisotopic (exact) mass is 217 g/mol. The Balaban J connectivity index is 2.27. The summed E-state index contributed by atoms with van der Waals surface area (Å²) in [6, 6.07) is 6.17. The summed E-state index contributed by atoms with van der Waals surface area (Å²) < 4.78 is 7.66. The van der Waals surface area contributed by atoms with Crippen molar-refractivity contribution in [3.63, 3.8) is 0 Å². The van der Waals surface area contributed by atoms with Crippen molar-refractivity contribution in [3.05, 3.63) is 36.2 Å². The minimum absolute atomic E-state index is 0.607. The van der Waals surface area contributed by atoms with E-state index in [0.717, 1.165) is 23.5 Å². The van der Waals surface area contributed by atoms with Crippen LogP contribution in [-0.4, -0.2) is 9.55 Å². The number of hydrogen-bond donors (Lipinski definition) is 1. The number of nitrogens with zero attached hydrogens (tertiary/aromatic N) is 2. The fourth-order valence-corrected chi connectivity index (χ4v) is 1.53. The van der Waals surface area contributed by atoms with Crippen LogP contribution in [-0.2, 0) is 6.54 Å². The maximum Gasteiger partial charge on any atom is 0.301 e. The van der Waals surface area contributed by atoms with E-state index in [9.17, 15) is 0 Å². The van der Waals surface area contributed by atoms with Crippen LogP contribution in [0.4, 0.5) is 5.69 Å². The molecular formula is C12H15N3O. The first-order valence-electron chi connectivity index (χ1n) is 5.26. The van der Waals surface area contributed by atoms with E-state index >= 15 is 0 Å². The highest BCUT2D eigenvalue weighted by molar-refractivity contribution is 5.47. The normalized spacial score (nSPS) is 10.4. The first-order valence-corrected chi connectivity index (χ1v) is 5.26. The van der Waals surface area contributed by atoms with Gasteiger partial charge in [0.15, 0.2) is 0 Å². The maximum absolute atomic E-state index is 5.72. The van der Waals surface area contributed by atoms with Crippen LogP contribution in [0.3, 0.4) is 0 Å². The second-order valence-electron chi connectivity index (χ2n) is 3.62. The Kier molecular flexibility index (Phi) is 2.81. The zero-order valence-electron chi connectivity index (χ0n) is 9.47. The Labute approximate surface area is 94.7 Å². The number of nitrogens with two attached hydrogens (primary N) is 1. The SMILES string of the molecule is CCn1ccnc1Oc1ccc(N)cc1C. The first-order chi connectivity index (χ1) is 7.70. The molecule has 0 spiro atoms. The predicted molar refractivity (Wildman–Crippen MR) is 63.6 cm³/mol. The summed E-state index contributed by atoms with van der Waals surface area (Å²) in [6.07, 6.45) is 3.62. The predicted octanol–water partition coefficient (Wildman–Crippen LogP) is 2.59.